The predicted molar refractivity (Wildman–Crippen MR) is 104 cm³/mol. The number of nitrogens with zero attached hydrogens (tertiary/aromatic N) is 4. The highest BCUT2D eigenvalue weighted by atomic mass is 32.2. The van der Waals surface area contributed by atoms with Crippen LogP contribution >= 0.6 is 0 Å². The van der Waals surface area contributed by atoms with E-state index in [4.69, 9.17) is 4.52 Å². The summed E-state index contributed by atoms with van der Waals surface area (Å²) in [6.45, 7) is 1.94. The molecule has 0 saturated carbocycles. The normalized spacial score (nSPS) is 12.1. The monoisotopic (exact) mass is 402 g/mol. The van der Waals surface area contributed by atoms with Gasteiger partial charge in [-0.2, -0.15) is 0 Å². The minimum atomic E-state index is -3.61. The fraction of sp³-hybridized carbons (Fsp3) is 0.222. The first-order chi connectivity index (χ1) is 13.2. The lowest BCUT2D eigenvalue weighted by molar-refractivity contribution is 0.360. The molecule has 0 atom stereocenters. The van der Waals surface area contributed by atoms with E-state index in [-0.39, 0.29) is 29.1 Å². The lowest BCUT2D eigenvalue weighted by Gasteiger charge is -2.20. The fourth-order valence-corrected chi connectivity index (χ4v) is 3.82. The molecule has 9 nitrogen and oxygen atoms in total. The average Bonchev–Trinajstić information content (AvgIpc) is 3.18. The lowest BCUT2D eigenvalue weighted by Crippen LogP contribution is -2.25. The molecule has 2 N–H and O–H groups in total. The van der Waals surface area contributed by atoms with Crippen molar-refractivity contribution in [3.05, 3.63) is 42.0 Å². The Morgan fingerprint density at radius 2 is 2.04 bits per heavy atom. The number of anilines is 1. The van der Waals surface area contributed by atoms with Gasteiger partial charge in [-0.15, -0.1) is 0 Å². The van der Waals surface area contributed by atoms with Crippen molar-refractivity contribution >= 4 is 37.4 Å². The van der Waals surface area contributed by atoms with Crippen LogP contribution in [-0.2, 0) is 16.6 Å². The lowest BCUT2D eigenvalue weighted by atomic mass is 10.1. The topological polar surface area (TPSA) is 122 Å². The van der Waals surface area contributed by atoms with Crippen LogP contribution in [0.4, 0.5) is 5.69 Å². The molecule has 0 saturated heterocycles. The standard InChI is InChI=1S/C18H18N4O5S/c1-10-7-11(27-20-10)8-22-9-13-14(18(22)24)17(23)15-12(5-4-6-19-15)16(13)21(2)28(3,25)26/h4-7,9,23-24H,8H2,1-3H3. The van der Waals surface area contributed by atoms with Crippen molar-refractivity contribution in [2.24, 2.45) is 0 Å². The van der Waals surface area contributed by atoms with Crippen LogP contribution in [0.3, 0.4) is 0 Å². The SMILES string of the molecule is Cc1cc(Cn2cc3c(N(C)S(C)(=O)=O)c4cccnc4c(O)c3c2O)on1. The van der Waals surface area contributed by atoms with Gasteiger partial charge < -0.3 is 19.3 Å². The van der Waals surface area contributed by atoms with E-state index in [1.54, 1.807) is 31.3 Å². The van der Waals surface area contributed by atoms with E-state index in [1.165, 1.54) is 17.8 Å². The molecule has 146 valence electrons. The second kappa shape index (κ2) is 6.13. The highest BCUT2D eigenvalue weighted by molar-refractivity contribution is 7.92. The van der Waals surface area contributed by atoms with E-state index in [0.29, 0.717) is 27.9 Å². The second-order valence-electron chi connectivity index (χ2n) is 6.63. The van der Waals surface area contributed by atoms with Crippen molar-refractivity contribution in [1.82, 2.24) is 14.7 Å². The molecular formula is C18H18N4O5S. The molecule has 10 heteroatoms. The maximum atomic E-state index is 12.2. The molecule has 0 aliphatic heterocycles. The van der Waals surface area contributed by atoms with E-state index in [0.717, 1.165) is 10.6 Å². The van der Waals surface area contributed by atoms with E-state index in [1.807, 2.05) is 0 Å². The molecule has 0 radical (unpaired) electrons. The third-order valence-electron chi connectivity index (χ3n) is 4.64. The largest absolute Gasteiger partial charge is 0.505 e. The van der Waals surface area contributed by atoms with Gasteiger partial charge in [0.1, 0.15) is 5.52 Å². The maximum absolute atomic E-state index is 12.2. The van der Waals surface area contributed by atoms with Crippen LogP contribution in [0.25, 0.3) is 21.7 Å². The van der Waals surface area contributed by atoms with Crippen LogP contribution in [-0.4, -0.2) is 46.6 Å². The first-order valence-corrected chi connectivity index (χ1v) is 10.2. The molecule has 0 fully saturated rings. The van der Waals surface area contributed by atoms with Crippen LogP contribution in [0, 0.1) is 6.92 Å². The van der Waals surface area contributed by atoms with Gasteiger partial charge in [0.05, 0.1) is 29.6 Å². The van der Waals surface area contributed by atoms with E-state index in [2.05, 4.69) is 10.1 Å². The number of rotatable bonds is 4. The Balaban J connectivity index is 2.07. The Morgan fingerprint density at radius 3 is 2.68 bits per heavy atom. The summed E-state index contributed by atoms with van der Waals surface area (Å²) in [6, 6.07) is 5.06. The molecule has 0 spiro atoms. The molecule has 0 unspecified atom stereocenters. The van der Waals surface area contributed by atoms with Gasteiger partial charge >= 0.3 is 0 Å². The highest BCUT2D eigenvalue weighted by Gasteiger charge is 2.26. The Morgan fingerprint density at radius 1 is 1.29 bits per heavy atom. The summed E-state index contributed by atoms with van der Waals surface area (Å²) in [6.07, 6.45) is 4.15. The predicted octanol–water partition coefficient (Wildman–Crippen LogP) is 2.34. The number of fused-ring (bicyclic) bond motifs is 2. The maximum Gasteiger partial charge on any atom is 0.232 e. The summed E-state index contributed by atoms with van der Waals surface area (Å²) in [5.41, 5.74) is 1.21. The van der Waals surface area contributed by atoms with Gasteiger partial charge in [-0.25, -0.2) is 8.42 Å². The Kier molecular flexibility index (Phi) is 3.96. The zero-order valence-corrected chi connectivity index (χ0v) is 16.2. The number of pyridine rings is 1. The van der Waals surface area contributed by atoms with Crippen LogP contribution < -0.4 is 4.31 Å². The Labute approximate surface area is 160 Å². The van der Waals surface area contributed by atoms with Crippen molar-refractivity contribution in [3.63, 3.8) is 0 Å². The van der Waals surface area contributed by atoms with Gasteiger partial charge in [0.25, 0.3) is 0 Å². The number of sulfonamides is 1. The molecule has 3 heterocycles. The smallest absolute Gasteiger partial charge is 0.232 e. The quantitative estimate of drug-likeness (QED) is 0.537. The molecule has 4 aromatic rings. The first kappa shape index (κ1) is 18.1. The number of aromatic nitrogens is 3. The van der Waals surface area contributed by atoms with Crippen molar-refractivity contribution in [1.29, 1.82) is 0 Å². The highest BCUT2D eigenvalue weighted by Crippen LogP contribution is 2.46. The number of benzene rings is 1. The summed E-state index contributed by atoms with van der Waals surface area (Å²) < 4.78 is 32.2. The van der Waals surface area contributed by atoms with Crippen molar-refractivity contribution < 1.29 is 23.2 Å². The van der Waals surface area contributed by atoms with Gasteiger partial charge in [-0.1, -0.05) is 5.16 Å². The molecule has 0 bridgehead atoms. The minimum absolute atomic E-state index is 0.118. The molecule has 0 aliphatic rings. The Bertz CT molecular complexity index is 1320. The molecule has 28 heavy (non-hydrogen) atoms. The van der Waals surface area contributed by atoms with Crippen LogP contribution in [0.2, 0.25) is 0 Å². The first-order valence-electron chi connectivity index (χ1n) is 8.36. The Hall–Kier alpha value is -3.27. The zero-order valence-electron chi connectivity index (χ0n) is 15.4. The minimum Gasteiger partial charge on any atom is -0.505 e. The van der Waals surface area contributed by atoms with Crippen molar-refractivity contribution in [3.8, 4) is 11.6 Å². The molecule has 0 amide bonds. The van der Waals surface area contributed by atoms with Gasteiger partial charge in [-0.05, 0) is 19.1 Å². The van der Waals surface area contributed by atoms with E-state index >= 15 is 0 Å². The van der Waals surface area contributed by atoms with Crippen LogP contribution in [0.5, 0.6) is 11.6 Å². The van der Waals surface area contributed by atoms with E-state index in [9.17, 15) is 18.6 Å². The molecule has 0 aliphatic carbocycles. The number of hydrogen-bond acceptors (Lipinski definition) is 7. The van der Waals surface area contributed by atoms with Gasteiger partial charge in [0.15, 0.2) is 11.5 Å². The summed E-state index contributed by atoms with van der Waals surface area (Å²) in [5.74, 6) is 0.0619. The number of aryl methyl sites for hydroxylation is 1. The van der Waals surface area contributed by atoms with Gasteiger partial charge in [-0.3, -0.25) is 9.29 Å². The number of phenolic OH excluding ortho intramolecular Hbond substituents is 1. The zero-order chi connectivity index (χ0) is 20.2. The summed E-state index contributed by atoms with van der Waals surface area (Å²) in [7, 11) is -2.19. The van der Waals surface area contributed by atoms with Gasteiger partial charge in [0.2, 0.25) is 15.9 Å². The summed E-state index contributed by atoms with van der Waals surface area (Å²) >= 11 is 0. The number of phenols is 1. The van der Waals surface area contributed by atoms with Crippen molar-refractivity contribution in [2.45, 2.75) is 13.5 Å². The third-order valence-corrected chi connectivity index (χ3v) is 5.82. The number of hydrogen-bond donors (Lipinski definition) is 2. The third kappa shape index (κ3) is 2.73. The molecule has 4 rings (SSSR count). The summed E-state index contributed by atoms with van der Waals surface area (Å²) in [4.78, 5) is 4.17. The fourth-order valence-electron chi connectivity index (χ4n) is 3.29. The van der Waals surface area contributed by atoms with Crippen LogP contribution in [0.15, 0.2) is 35.1 Å². The molecule has 1 aromatic carbocycles. The molecular weight excluding hydrogens is 384 g/mol. The van der Waals surface area contributed by atoms with Crippen LogP contribution in [0.1, 0.15) is 11.5 Å². The number of aromatic hydroxyl groups is 2. The average molecular weight is 402 g/mol. The van der Waals surface area contributed by atoms with Gasteiger partial charge in [0, 0.05) is 36.3 Å². The summed E-state index contributed by atoms with van der Waals surface area (Å²) in [5, 5.41) is 26.3. The van der Waals surface area contributed by atoms with E-state index < -0.39 is 10.0 Å². The van der Waals surface area contributed by atoms with Crippen molar-refractivity contribution in [2.75, 3.05) is 17.6 Å². The molecule has 3 aromatic heterocycles. The second-order valence-corrected chi connectivity index (χ2v) is 8.64.